The molecule has 1 saturated heterocycles. The smallest absolute Gasteiger partial charge is 0.257 e. The Balaban J connectivity index is 0.00000192. The average molecular weight is 335 g/mol. The van der Waals surface area contributed by atoms with Gasteiger partial charge in [0.1, 0.15) is 0 Å². The van der Waals surface area contributed by atoms with E-state index in [0.717, 1.165) is 25.3 Å². The van der Waals surface area contributed by atoms with E-state index in [1.807, 2.05) is 34.7 Å². The number of amides is 1. The zero-order valence-corrected chi connectivity index (χ0v) is 14.3. The number of carbonyl (C=O) groups excluding carboxylic acids is 1. The summed E-state index contributed by atoms with van der Waals surface area (Å²) in [5, 5.41) is 7.71. The van der Waals surface area contributed by atoms with E-state index in [1.165, 1.54) is 5.56 Å². The van der Waals surface area contributed by atoms with Crippen LogP contribution in [0.5, 0.6) is 0 Å². The Bertz CT molecular complexity index is 656. The molecule has 0 radical (unpaired) electrons. The minimum Gasteiger partial charge on any atom is -0.333 e. The Kier molecular flexibility index (Phi) is 5.80. The molecular formula is C17H23ClN4O. The van der Waals surface area contributed by atoms with Gasteiger partial charge in [0.05, 0.1) is 18.3 Å². The molecule has 0 saturated carbocycles. The maximum Gasteiger partial charge on any atom is 0.257 e. The molecule has 1 N–H and O–H groups in total. The van der Waals surface area contributed by atoms with Crippen molar-refractivity contribution in [3.63, 3.8) is 0 Å². The van der Waals surface area contributed by atoms with Gasteiger partial charge in [-0.05, 0) is 19.4 Å². The molecule has 6 heteroatoms. The van der Waals surface area contributed by atoms with E-state index in [0.29, 0.717) is 12.1 Å². The van der Waals surface area contributed by atoms with Crippen molar-refractivity contribution in [3.05, 3.63) is 53.3 Å². The molecular weight excluding hydrogens is 312 g/mol. The molecule has 1 aliphatic rings. The van der Waals surface area contributed by atoms with Crippen LogP contribution in [0, 0.1) is 6.92 Å². The summed E-state index contributed by atoms with van der Waals surface area (Å²) in [7, 11) is 0. The fourth-order valence-electron chi connectivity index (χ4n) is 2.87. The Morgan fingerprint density at radius 2 is 2.09 bits per heavy atom. The van der Waals surface area contributed by atoms with Crippen LogP contribution in [-0.4, -0.2) is 46.3 Å². The lowest BCUT2D eigenvalue weighted by molar-refractivity contribution is 0.0655. The normalized spacial score (nSPS) is 17.7. The maximum atomic E-state index is 12.7. The molecule has 3 rings (SSSR count). The highest BCUT2D eigenvalue weighted by atomic mass is 35.5. The first-order valence-electron chi connectivity index (χ1n) is 7.75. The first kappa shape index (κ1) is 17.5. The second-order valence-corrected chi connectivity index (χ2v) is 5.84. The summed E-state index contributed by atoms with van der Waals surface area (Å²) in [4.78, 5) is 14.7. The monoisotopic (exact) mass is 334 g/mol. The maximum absolute atomic E-state index is 12.7. The largest absolute Gasteiger partial charge is 0.333 e. The zero-order valence-electron chi connectivity index (χ0n) is 13.5. The molecule has 124 valence electrons. The zero-order chi connectivity index (χ0) is 15.5. The molecule has 23 heavy (non-hydrogen) atoms. The van der Waals surface area contributed by atoms with Gasteiger partial charge < -0.3 is 10.2 Å². The number of rotatable bonds is 3. The molecule has 2 aromatic rings. The molecule has 0 unspecified atom stereocenters. The quantitative estimate of drug-likeness (QED) is 0.935. The van der Waals surface area contributed by atoms with Crippen LogP contribution in [-0.2, 0) is 6.54 Å². The van der Waals surface area contributed by atoms with Crippen LogP contribution < -0.4 is 5.32 Å². The topological polar surface area (TPSA) is 50.2 Å². The fourth-order valence-corrected chi connectivity index (χ4v) is 2.87. The molecule has 1 fully saturated rings. The third-order valence-corrected chi connectivity index (χ3v) is 4.27. The molecule has 5 nitrogen and oxygen atoms in total. The number of nitrogens with one attached hydrogen (secondary N) is 1. The highest BCUT2D eigenvalue weighted by Crippen LogP contribution is 2.15. The SMILES string of the molecule is Cc1c(C(=O)N2CCNC[C@H]2C)cnn1Cc1ccccc1.Cl. The molecule has 0 spiro atoms. The molecule has 2 heterocycles. The second-order valence-electron chi connectivity index (χ2n) is 5.84. The van der Waals surface area contributed by atoms with E-state index >= 15 is 0 Å². The molecule has 1 amide bonds. The predicted molar refractivity (Wildman–Crippen MR) is 93.1 cm³/mol. The van der Waals surface area contributed by atoms with Crippen molar-refractivity contribution in [1.82, 2.24) is 20.0 Å². The van der Waals surface area contributed by atoms with Crippen LogP contribution in [0.15, 0.2) is 36.5 Å². The van der Waals surface area contributed by atoms with Gasteiger partial charge in [0, 0.05) is 31.4 Å². The standard InChI is InChI=1S/C17H22N4O.ClH/c1-13-10-18-8-9-20(13)17(22)16-11-19-21(14(16)2)12-15-6-4-3-5-7-15;/h3-7,11,13,18H,8-10,12H2,1-2H3;1H/t13-;/m1./s1. The Morgan fingerprint density at radius 3 is 2.78 bits per heavy atom. The lowest BCUT2D eigenvalue weighted by atomic mass is 10.1. The third kappa shape index (κ3) is 3.74. The van der Waals surface area contributed by atoms with Gasteiger partial charge in [-0.25, -0.2) is 0 Å². The third-order valence-electron chi connectivity index (χ3n) is 4.27. The van der Waals surface area contributed by atoms with Gasteiger partial charge in [-0.15, -0.1) is 12.4 Å². The number of hydrogen-bond acceptors (Lipinski definition) is 3. The number of aromatic nitrogens is 2. The molecule has 1 aliphatic heterocycles. The predicted octanol–water partition coefficient (Wildman–Crippen LogP) is 2.10. The molecule has 0 bridgehead atoms. The summed E-state index contributed by atoms with van der Waals surface area (Å²) in [5.74, 6) is 0.0887. The minimum atomic E-state index is 0. The van der Waals surface area contributed by atoms with Crippen LogP contribution in [0.2, 0.25) is 0 Å². The van der Waals surface area contributed by atoms with Gasteiger partial charge >= 0.3 is 0 Å². The highest BCUT2D eigenvalue weighted by molar-refractivity contribution is 5.95. The van der Waals surface area contributed by atoms with Crippen LogP contribution in [0.3, 0.4) is 0 Å². The van der Waals surface area contributed by atoms with Crippen molar-refractivity contribution < 1.29 is 4.79 Å². The number of benzene rings is 1. The lowest BCUT2D eigenvalue weighted by Crippen LogP contribution is -2.52. The van der Waals surface area contributed by atoms with E-state index < -0.39 is 0 Å². The van der Waals surface area contributed by atoms with Gasteiger partial charge in [0.2, 0.25) is 0 Å². The average Bonchev–Trinajstić information content (AvgIpc) is 2.89. The Morgan fingerprint density at radius 1 is 1.35 bits per heavy atom. The van der Waals surface area contributed by atoms with Crippen molar-refractivity contribution in [3.8, 4) is 0 Å². The summed E-state index contributed by atoms with van der Waals surface area (Å²) < 4.78 is 1.90. The van der Waals surface area contributed by atoms with Gasteiger partial charge in [0.15, 0.2) is 0 Å². The van der Waals surface area contributed by atoms with Crippen LogP contribution in [0.1, 0.15) is 28.5 Å². The Labute approximate surface area is 143 Å². The first-order valence-corrected chi connectivity index (χ1v) is 7.75. The first-order chi connectivity index (χ1) is 10.7. The van der Waals surface area contributed by atoms with Crippen molar-refractivity contribution >= 4 is 18.3 Å². The van der Waals surface area contributed by atoms with Crippen molar-refractivity contribution in [1.29, 1.82) is 0 Å². The number of nitrogens with zero attached hydrogens (tertiary/aromatic N) is 3. The Hall–Kier alpha value is -1.85. The summed E-state index contributed by atoms with van der Waals surface area (Å²) in [5.41, 5.74) is 2.83. The molecule has 1 aromatic carbocycles. The summed E-state index contributed by atoms with van der Waals surface area (Å²) in [6, 6.07) is 10.4. The van der Waals surface area contributed by atoms with Gasteiger partial charge in [-0.2, -0.15) is 5.10 Å². The van der Waals surface area contributed by atoms with Crippen molar-refractivity contribution in [2.45, 2.75) is 26.4 Å². The number of halogens is 1. The summed E-state index contributed by atoms with van der Waals surface area (Å²) in [6.07, 6.45) is 1.70. The summed E-state index contributed by atoms with van der Waals surface area (Å²) in [6.45, 7) is 7.19. The van der Waals surface area contributed by atoms with Crippen LogP contribution >= 0.6 is 12.4 Å². The van der Waals surface area contributed by atoms with Gasteiger partial charge in [0.25, 0.3) is 5.91 Å². The van der Waals surface area contributed by atoms with E-state index in [1.54, 1.807) is 6.20 Å². The van der Waals surface area contributed by atoms with E-state index in [9.17, 15) is 4.79 Å². The minimum absolute atomic E-state index is 0. The number of carbonyl (C=O) groups is 1. The fraction of sp³-hybridized carbons (Fsp3) is 0.412. The van der Waals surface area contributed by atoms with E-state index in [2.05, 4.69) is 29.5 Å². The lowest BCUT2D eigenvalue weighted by Gasteiger charge is -2.33. The van der Waals surface area contributed by atoms with E-state index in [4.69, 9.17) is 0 Å². The number of hydrogen-bond donors (Lipinski definition) is 1. The van der Waals surface area contributed by atoms with Crippen molar-refractivity contribution in [2.75, 3.05) is 19.6 Å². The van der Waals surface area contributed by atoms with Crippen molar-refractivity contribution in [2.24, 2.45) is 0 Å². The van der Waals surface area contributed by atoms with Gasteiger partial charge in [-0.1, -0.05) is 30.3 Å². The molecule has 0 aliphatic carbocycles. The van der Waals surface area contributed by atoms with E-state index in [-0.39, 0.29) is 24.4 Å². The molecule has 1 aromatic heterocycles. The van der Waals surface area contributed by atoms with Crippen LogP contribution in [0.25, 0.3) is 0 Å². The van der Waals surface area contributed by atoms with Crippen LogP contribution in [0.4, 0.5) is 0 Å². The molecule has 1 atom stereocenters. The highest BCUT2D eigenvalue weighted by Gasteiger charge is 2.26. The number of piperazine rings is 1. The van der Waals surface area contributed by atoms with Gasteiger partial charge in [-0.3, -0.25) is 9.48 Å². The summed E-state index contributed by atoms with van der Waals surface area (Å²) >= 11 is 0. The second kappa shape index (κ2) is 7.62.